The molecule has 0 unspecified atom stereocenters. The van der Waals surface area contributed by atoms with Crippen LogP contribution >= 0.6 is 0 Å². The van der Waals surface area contributed by atoms with E-state index in [0.717, 1.165) is 28.0 Å². The third-order valence-corrected chi connectivity index (χ3v) is 5.24. The van der Waals surface area contributed by atoms with Gasteiger partial charge < -0.3 is 15.7 Å². The first-order valence-electron chi connectivity index (χ1n) is 9.50. The topological polar surface area (TPSA) is 87.1 Å². The fourth-order valence-corrected chi connectivity index (χ4v) is 3.36. The van der Waals surface area contributed by atoms with E-state index in [4.69, 9.17) is 0 Å². The number of aliphatic hydroxyl groups is 1. The maximum atomic E-state index is 13.0. The van der Waals surface area contributed by atoms with E-state index in [2.05, 4.69) is 20.6 Å². The molecule has 3 atom stereocenters. The van der Waals surface area contributed by atoms with Crippen molar-refractivity contribution in [2.75, 3.05) is 17.2 Å². The molecule has 2 aliphatic rings. The highest BCUT2D eigenvalue weighted by molar-refractivity contribution is 5.96. The van der Waals surface area contributed by atoms with Gasteiger partial charge >= 0.3 is 0 Å². The molecule has 2 aromatic rings. The first kappa shape index (κ1) is 18.6. The molecule has 2 aromatic heterocycles. The standard InChI is InChI=1S/C21H23FN4O2/c1-3-19(27)18-4-11(2)15(10-24-18)12-5-13-9-25-20(7-17(13)23-8-12)26-21(28)14-6-16(14)22/h4-5,7,9-10,14,16,19,23,27H,3,6,8H2,1-2H3,(H,25,26,28)/t14-,16+,19+/m1/s1. The molecule has 1 amide bonds. The summed E-state index contributed by atoms with van der Waals surface area (Å²) in [6, 6.07) is 3.69. The quantitative estimate of drug-likeness (QED) is 0.737. The number of aliphatic hydroxyl groups excluding tert-OH is 1. The van der Waals surface area contributed by atoms with Crippen molar-refractivity contribution in [3.8, 4) is 0 Å². The van der Waals surface area contributed by atoms with Gasteiger partial charge in [-0.25, -0.2) is 9.37 Å². The van der Waals surface area contributed by atoms with Crippen LogP contribution in [0.4, 0.5) is 15.9 Å². The van der Waals surface area contributed by atoms with Crippen LogP contribution in [0.5, 0.6) is 0 Å². The molecule has 1 fully saturated rings. The lowest BCUT2D eigenvalue weighted by Gasteiger charge is -2.21. The average Bonchev–Trinajstić information content (AvgIpc) is 3.43. The van der Waals surface area contributed by atoms with E-state index in [0.29, 0.717) is 30.9 Å². The summed E-state index contributed by atoms with van der Waals surface area (Å²) in [5, 5.41) is 16.0. The Balaban J connectivity index is 1.54. The van der Waals surface area contributed by atoms with Gasteiger partial charge in [0.1, 0.15) is 12.0 Å². The van der Waals surface area contributed by atoms with Gasteiger partial charge in [0.2, 0.25) is 5.91 Å². The van der Waals surface area contributed by atoms with Crippen molar-refractivity contribution in [1.82, 2.24) is 9.97 Å². The zero-order chi connectivity index (χ0) is 19.8. The summed E-state index contributed by atoms with van der Waals surface area (Å²) in [6.07, 6.45) is 4.88. The summed E-state index contributed by atoms with van der Waals surface area (Å²) in [7, 11) is 0. The Bertz CT molecular complexity index is 959. The van der Waals surface area contributed by atoms with Gasteiger partial charge in [-0.2, -0.15) is 0 Å². The third kappa shape index (κ3) is 3.62. The lowest BCUT2D eigenvalue weighted by atomic mass is 9.96. The van der Waals surface area contributed by atoms with E-state index in [-0.39, 0.29) is 5.91 Å². The molecule has 0 spiro atoms. The number of aryl methyl sites for hydroxylation is 1. The molecule has 4 rings (SSSR count). The molecular formula is C21H23FN4O2. The highest BCUT2D eigenvalue weighted by Gasteiger charge is 2.43. The summed E-state index contributed by atoms with van der Waals surface area (Å²) >= 11 is 0. The van der Waals surface area contributed by atoms with E-state index in [1.165, 1.54) is 0 Å². The van der Waals surface area contributed by atoms with Gasteiger partial charge in [0.05, 0.1) is 17.7 Å². The second kappa shape index (κ2) is 7.31. The second-order valence-electron chi connectivity index (χ2n) is 7.38. The number of fused-ring (bicyclic) bond motifs is 1. The SMILES string of the molecule is CC[C@H](O)c1cc(C)c(C2=Cc3cnc(NC(=O)[C@@H]4C[C@@H]4F)cc3NC2)cn1. The van der Waals surface area contributed by atoms with Gasteiger partial charge in [0, 0.05) is 41.8 Å². The first-order valence-corrected chi connectivity index (χ1v) is 9.50. The fraction of sp³-hybridized carbons (Fsp3) is 0.381. The number of carbonyl (C=O) groups is 1. The van der Waals surface area contributed by atoms with Crippen LogP contribution in [-0.2, 0) is 4.79 Å². The van der Waals surface area contributed by atoms with Gasteiger partial charge in [0.25, 0.3) is 0 Å². The van der Waals surface area contributed by atoms with Crippen molar-refractivity contribution >= 4 is 29.1 Å². The van der Waals surface area contributed by atoms with Gasteiger partial charge in [-0.05, 0) is 43.0 Å². The minimum atomic E-state index is -1.03. The summed E-state index contributed by atoms with van der Waals surface area (Å²) in [5.41, 5.74) is 5.60. The molecule has 1 saturated carbocycles. The molecule has 6 nitrogen and oxygen atoms in total. The van der Waals surface area contributed by atoms with Crippen molar-refractivity contribution < 1.29 is 14.3 Å². The summed E-state index contributed by atoms with van der Waals surface area (Å²) < 4.78 is 13.0. The van der Waals surface area contributed by atoms with E-state index < -0.39 is 18.2 Å². The van der Waals surface area contributed by atoms with E-state index >= 15 is 0 Å². The Kier molecular flexibility index (Phi) is 4.85. The van der Waals surface area contributed by atoms with Gasteiger partial charge in [-0.15, -0.1) is 0 Å². The molecule has 0 saturated heterocycles. The zero-order valence-corrected chi connectivity index (χ0v) is 15.9. The smallest absolute Gasteiger partial charge is 0.231 e. The Morgan fingerprint density at radius 3 is 2.86 bits per heavy atom. The van der Waals surface area contributed by atoms with Crippen LogP contribution in [0.1, 0.15) is 48.3 Å². The molecule has 7 heteroatoms. The van der Waals surface area contributed by atoms with Crippen LogP contribution in [0.15, 0.2) is 24.5 Å². The summed E-state index contributed by atoms with van der Waals surface area (Å²) in [4.78, 5) is 20.6. The van der Waals surface area contributed by atoms with Crippen molar-refractivity contribution in [3.05, 3.63) is 46.9 Å². The zero-order valence-electron chi connectivity index (χ0n) is 15.9. The van der Waals surface area contributed by atoms with E-state index in [9.17, 15) is 14.3 Å². The monoisotopic (exact) mass is 382 g/mol. The van der Waals surface area contributed by atoms with E-state index in [1.807, 2.05) is 26.0 Å². The number of halogens is 1. The minimum absolute atomic E-state index is 0.294. The number of amides is 1. The van der Waals surface area contributed by atoms with Crippen molar-refractivity contribution in [2.24, 2.45) is 5.92 Å². The number of hydrogen-bond donors (Lipinski definition) is 3. The fourth-order valence-electron chi connectivity index (χ4n) is 3.36. The number of anilines is 2. The maximum Gasteiger partial charge on any atom is 0.231 e. The van der Waals surface area contributed by atoms with Gasteiger partial charge in [-0.3, -0.25) is 9.78 Å². The molecular weight excluding hydrogens is 359 g/mol. The molecule has 1 aliphatic heterocycles. The molecule has 0 bridgehead atoms. The molecule has 3 heterocycles. The Labute approximate surface area is 162 Å². The van der Waals surface area contributed by atoms with Crippen LogP contribution in [-0.4, -0.2) is 33.7 Å². The Morgan fingerprint density at radius 1 is 1.39 bits per heavy atom. The summed E-state index contributed by atoms with van der Waals surface area (Å²) in [6.45, 7) is 4.54. The van der Waals surface area contributed by atoms with Crippen LogP contribution < -0.4 is 10.6 Å². The molecule has 0 aromatic carbocycles. The second-order valence-corrected chi connectivity index (χ2v) is 7.38. The minimum Gasteiger partial charge on any atom is -0.387 e. The van der Waals surface area contributed by atoms with E-state index in [1.54, 1.807) is 18.5 Å². The average molecular weight is 382 g/mol. The molecule has 3 N–H and O–H groups in total. The lowest BCUT2D eigenvalue weighted by molar-refractivity contribution is -0.117. The van der Waals surface area contributed by atoms with Crippen molar-refractivity contribution in [2.45, 2.75) is 39.0 Å². The number of hydrogen-bond acceptors (Lipinski definition) is 5. The summed E-state index contributed by atoms with van der Waals surface area (Å²) in [5.74, 6) is -0.437. The first-order chi connectivity index (χ1) is 13.5. The predicted molar refractivity (Wildman–Crippen MR) is 106 cm³/mol. The number of nitrogens with one attached hydrogen (secondary N) is 2. The maximum absolute atomic E-state index is 13.0. The van der Waals surface area contributed by atoms with Crippen LogP contribution in [0.2, 0.25) is 0 Å². The molecule has 0 radical (unpaired) electrons. The molecule has 28 heavy (non-hydrogen) atoms. The normalized spacial score (nSPS) is 21.2. The van der Waals surface area contributed by atoms with Gasteiger partial charge in [0.15, 0.2) is 0 Å². The Morgan fingerprint density at radius 2 is 2.18 bits per heavy atom. The van der Waals surface area contributed by atoms with Crippen LogP contribution in [0.3, 0.4) is 0 Å². The highest BCUT2D eigenvalue weighted by Crippen LogP contribution is 2.35. The van der Waals surface area contributed by atoms with Crippen molar-refractivity contribution in [1.29, 1.82) is 0 Å². The Hall–Kier alpha value is -2.80. The molecule has 146 valence electrons. The number of alkyl halides is 1. The van der Waals surface area contributed by atoms with Crippen LogP contribution in [0, 0.1) is 12.8 Å². The highest BCUT2D eigenvalue weighted by atomic mass is 19.1. The number of rotatable bonds is 5. The molecule has 1 aliphatic carbocycles. The largest absolute Gasteiger partial charge is 0.387 e. The van der Waals surface area contributed by atoms with Gasteiger partial charge in [-0.1, -0.05) is 6.92 Å². The predicted octanol–water partition coefficient (Wildman–Crippen LogP) is 3.49. The third-order valence-electron chi connectivity index (χ3n) is 5.24. The number of aromatic nitrogens is 2. The van der Waals surface area contributed by atoms with Crippen LogP contribution in [0.25, 0.3) is 11.6 Å². The number of pyridine rings is 2. The van der Waals surface area contributed by atoms with Crippen molar-refractivity contribution in [3.63, 3.8) is 0 Å². The number of nitrogens with zero attached hydrogens (tertiary/aromatic N) is 2. The number of carbonyl (C=O) groups excluding carboxylic acids is 1. The lowest BCUT2D eigenvalue weighted by Crippen LogP contribution is -2.17.